The third-order valence-electron chi connectivity index (χ3n) is 2.99. The van der Waals surface area contributed by atoms with E-state index in [1.165, 1.54) is 11.3 Å². The second-order valence-electron chi connectivity index (χ2n) is 4.49. The molecule has 22 heavy (non-hydrogen) atoms. The number of rotatable bonds is 3. The SMILES string of the molecule is O=C(NN=Cc1ccc(Br)cc1)c1sc2ccccc2c1Cl. The van der Waals surface area contributed by atoms with Crippen LogP contribution >= 0.6 is 38.9 Å². The standard InChI is InChI=1S/C16H10BrClN2OS/c17-11-7-5-10(6-8-11)9-19-20-16(21)15-14(18)12-3-1-2-4-13(12)22-15/h1-9H,(H,20,21). The summed E-state index contributed by atoms with van der Waals surface area (Å²) in [5.41, 5.74) is 3.40. The largest absolute Gasteiger partial charge is 0.283 e. The van der Waals surface area contributed by atoms with Crippen molar-refractivity contribution in [2.75, 3.05) is 0 Å². The van der Waals surface area contributed by atoms with Gasteiger partial charge in [0.05, 0.1) is 11.2 Å². The van der Waals surface area contributed by atoms with E-state index in [2.05, 4.69) is 26.5 Å². The van der Waals surface area contributed by atoms with Crippen LogP contribution in [-0.4, -0.2) is 12.1 Å². The van der Waals surface area contributed by atoms with Crippen LogP contribution in [0.25, 0.3) is 10.1 Å². The fraction of sp³-hybridized carbons (Fsp3) is 0. The number of nitrogens with zero attached hydrogens (tertiary/aromatic N) is 1. The minimum atomic E-state index is -0.306. The monoisotopic (exact) mass is 392 g/mol. The molecular formula is C16H10BrClN2OS. The number of benzene rings is 2. The topological polar surface area (TPSA) is 41.5 Å². The summed E-state index contributed by atoms with van der Waals surface area (Å²) in [7, 11) is 0. The van der Waals surface area contributed by atoms with Gasteiger partial charge in [-0.25, -0.2) is 5.43 Å². The van der Waals surface area contributed by atoms with Crippen molar-refractivity contribution in [3.05, 3.63) is 68.5 Å². The minimum Gasteiger partial charge on any atom is -0.266 e. The Kier molecular flexibility index (Phi) is 4.57. The molecule has 0 saturated carbocycles. The molecule has 2 aromatic carbocycles. The predicted molar refractivity (Wildman–Crippen MR) is 96.0 cm³/mol. The quantitative estimate of drug-likeness (QED) is 0.489. The first-order valence-electron chi connectivity index (χ1n) is 6.41. The fourth-order valence-electron chi connectivity index (χ4n) is 1.93. The molecule has 0 radical (unpaired) electrons. The van der Waals surface area contributed by atoms with E-state index in [0.29, 0.717) is 9.90 Å². The zero-order valence-corrected chi connectivity index (χ0v) is 14.4. The van der Waals surface area contributed by atoms with E-state index >= 15 is 0 Å². The molecule has 0 saturated heterocycles. The number of hydrazone groups is 1. The molecule has 1 heterocycles. The molecule has 0 unspecified atom stereocenters. The van der Waals surface area contributed by atoms with E-state index in [1.54, 1.807) is 6.21 Å². The van der Waals surface area contributed by atoms with E-state index < -0.39 is 0 Å². The summed E-state index contributed by atoms with van der Waals surface area (Å²) in [4.78, 5) is 12.6. The van der Waals surface area contributed by atoms with Crippen LogP contribution in [0.4, 0.5) is 0 Å². The molecule has 0 fully saturated rings. The normalized spacial score (nSPS) is 11.2. The third kappa shape index (κ3) is 3.21. The van der Waals surface area contributed by atoms with Crippen LogP contribution in [-0.2, 0) is 0 Å². The average molecular weight is 394 g/mol. The number of nitrogens with one attached hydrogen (secondary N) is 1. The molecule has 0 atom stereocenters. The van der Waals surface area contributed by atoms with Crippen LogP contribution < -0.4 is 5.43 Å². The molecule has 6 heteroatoms. The fourth-order valence-corrected chi connectivity index (χ4v) is 3.60. The van der Waals surface area contributed by atoms with Gasteiger partial charge in [-0.3, -0.25) is 4.79 Å². The maximum Gasteiger partial charge on any atom is 0.283 e. The van der Waals surface area contributed by atoms with E-state index in [-0.39, 0.29) is 5.91 Å². The Balaban J connectivity index is 1.76. The van der Waals surface area contributed by atoms with Crippen molar-refractivity contribution in [1.29, 1.82) is 0 Å². The summed E-state index contributed by atoms with van der Waals surface area (Å²) in [6, 6.07) is 15.3. The highest BCUT2D eigenvalue weighted by Gasteiger charge is 2.16. The maximum atomic E-state index is 12.2. The summed E-state index contributed by atoms with van der Waals surface area (Å²) in [6.45, 7) is 0. The average Bonchev–Trinajstić information content (AvgIpc) is 2.87. The van der Waals surface area contributed by atoms with Crippen LogP contribution in [0.15, 0.2) is 58.1 Å². The van der Waals surface area contributed by atoms with Crippen molar-refractivity contribution in [3.63, 3.8) is 0 Å². The number of thiophene rings is 1. The lowest BCUT2D eigenvalue weighted by Crippen LogP contribution is -2.16. The first-order chi connectivity index (χ1) is 10.6. The Morgan fingerprint density at radius 1 is 1.18 bits per heavy atom. The molecule has 0 aliphatic rings. The lowest BCUT2D eigenvalue weighted by molar-refractivity contribution is 0.0959. The first kappa shape index (κ1) is 15.2. The highest BCUT2D eigenvalue weighted by atomic mass is 79.9. The summed E-state index contributed by atoms with van der Waals surface area (Å²) in [6.07, 6.45) is 1.59. The van der Waals surface area contributed by atoms with Gasteiger partial charge in [-0.2, -0.15) is 5.10 Å². The van der Waals surface area contributed by atoms with Gasteiger partial charge in [-0.15, -0.1) is 11.3 Å². The summed E-state index contributed by atoms with van der Waals surface area (Å²) >= 11 is 11.0. The van der Waals surface area contributed by atoms with Gasteiger partial charge in [0.1, 0.15) is 4.88 Å². The van der Waals surface area contributed by atoms with Crippen molar-refractivity contribution in [3.8, 4) is 0 Å². The van der Waals surface area contributed by atoms with E-state index in [4.69, 9.17) is 11.6 Å². The Hall–Kier alpha value is -1.69. The highest BCUT2D eigenvalue weighted by Crippen LogP contribution is 2.34. The van der Waals surface area contributed by atoms with Gasteiger partial charge >= 0.3 is 0 Å². The van der Waals surface area contributed by atoms with Gasteiger partial charge in [0.2, 0.25) is 0 Å². The van der Waals surface area contributed by atoms with Gasteiger partial charge in [0.15, 0.2) is 0 Å². The number of fused-ring (bicyclic) bond motifs is 1. The van der Waals surface area contributed by atoms with E-state index in [9.17, 15) is 4.79 Å². The Labute approximate surface area is 144 Å². The number of carbonyl (C=O) groups is 1. The lowest BCUT2D eigenvalue weighted by atomic mass is 10.2. The molecule has 1 amide bonds. The van der Waals surface area contributed by atoms with E-state index in [1.807, 2.05) is 48.5 Å². The zero-order valence-electron chi connectivity index (χ0n) is 11.2. The molecular weight excluding hydrogens is 384 g/mol. The molecule has 0 aliphatic carbocycles. The molecule has 0 spiro atoms. The molecule has 3 rings (SSSR count). The highest BCUT2D eigenvalue weighted by molar-refractivity contribution is 9.10. The second-order valence-corrected chi connectivity index (χ2v) is 6.84. The van der Waals surface area contributed by atoms with Crippen molar-refractivity contribution in [2.45, 2.75) is 0 Å². The number of carbonyl (C=O) groups excluding carboxylic acids is 1. The van der Waals surface area contributed by atoms with Gasteiger partial charge < -0.3 is 0 Å². The summed E-state index contributed by atoms with van der Waals surface area (Å²) in [5.74, 6) is -0.306. The smallest absolute Gasteiger partial charge is 0.266 e. The zero-order chi connectivity index (χ0) is 15.5. The molecule has 1 aromatic heterocycles. The second kappa shape index (κ2) is 6.60. The summed E-state index contributed by atoms with van der Waals surface area (Å²) in [5, 5.41) is 5.32. The van der Waals surface area contributed by atoms with Gasteiger partial charge in [0, 0.05) is 14.6 Å². The Morgan fingerprint density at radius 3 is 2.64 bits per heavy atom. The number of hydrogen-bond acceptors (Lipinski definition) is 3. The number of hydrogen-bond donors (Lipinski definition) is 1. The van der Waals surface area contributed by atoms with Crippen molar-refractivity contribution < 1.29 is 4.79 Å². The maximum absolute atomic E-state index is 12.2. The third-order valence-corrected chi connectivity index (χ3v) is 5.19. The van der Waals surface area contributed by atoms with Crippen LogP contribution in [0, 0.1) is 0 Å². The minimum absolute atomic E-state index is 0.306. The Morgan fingerprint density at radius 2 is 1.91 bits per heavy atom. The Bertz CT molecular complexity index is 858. The van der Waals surface area contributed by atoms with E-state index in [0.717, 1.165) is 20.1 Å². The van der Waals surface area contributed by atoms with Gasteiger partial charge in [-0.1, -0.05) is 57.9 Å². The molecule has 110 valence electrons. The van der Waals surface area contributed by atoms with Gasteiger partial charge in [-0.05, 0) is 23.8 Å². The molecule has 0 aliphatic heterocycles. The molecule has 3 nitrogen and oxygen atoms in total. The van der Waals surface area contributed by atoms with Crippen molar-refractivity contribution in [2.24, 2.45) is 5.10 Å². The van der Waals surface area contributed by atoms with Crippen LogP contribution in [0.3, 0.4) is 0 Å². The van der Waals surface area contributed by atoms with Crippen molar-refractivity contribution >= 4 is 61.1 Å². The van der Waals surface area contributed by atoms with Gasteiger partial charge in [0.25, 0.3) is 5.91 Å². The molecule has 0 bridgehead atoms. The summed E-state index contributed by atoms with van der Waals surface area (Å²) < 4.78 is 1.97. The molecule has 1 N–H and O–H groups in total. The number of halogens is 2. The molecule has 3 aromatic rings. The van der Waals surface area contributed by atoms with Crippen LogP contribution in [0.5, 0.6) is 0 Å². The lowest BCUT2D eigenvalue weighted by Gasteiger charge is -1.97. The van der Waals surface area contributed by atoms with Crippen LogP contribution in [0.2, 0.25) is 5.02 Å². The van der Waals surface area contributed by atoms with Crippen molar-refractivity contribution in [1.82, 2.24) is 5.43 Å². The first-order valence-corrected chi connectivity index (χ1v) is 8.40. The number of amides is 1. The predicted octanol–water partition coefficient (Wildman–Crippen LogP) is 5.08. The van der Waals surface area contributed by atoms with Crippen LogP contribution in [0.1, 0.15) is 15.2 Å².